The van der Waals surface area contributed by atoms with Crippen LogP contribution in [0.15, 0.2) is 146 Å². The number of rotatable bonds is 14. The van der Waals surface area contributed by atoms with E-state index >= 15 is 0 Å². The van der Waals surface area contributed by atoms with E-state index in [1.165, 1.54) is 24.3 Å². The zero-order chi connectivity index (χ0) is 52.2. The molecule has 0 radical (unpaired) electrons. The molecule has 1 aliphatic heterocycles. The number of anilines is 1. The summed E-state index contributed by atoms with van der Waals surface area (Å²) < 4.78 is 23.6. The first-order valence-electron chi connectivity index (χ1n) is 23.4. The standard InChI is InChI=1S/C36H28ClNO6.C22H16ClNO6/c1-2-42-30(39)20-25-17-18-29(28(37)19-25)38-35(40)31-32(36(38)41)34(44-22-24-13-7-4-8-14-24)27-16-10-9-15-26(27)33(31)43-21-23-11-5-3-6-12-23;1-2-30-16(25)10-11-7-8-15(14(23)9-11)24-21(28)17-18(22(24)29)20(27)13-6-4-3-5-12(13)19(17)26/h3-19H,2,20-22H2,1H3;3-9,28-29H,2,10H2,1H3. The monoisotopic (exact) mass is 1030 g/mol. The molecule has 2 aliphatic rings. The number of amides is 2. The number of halogens is 2. The Hall–Kier alpha value is -8.72. The maximum atomic E-state index is 14.2. The third kappa shape index (κ3) is 9.67. The van der Waals surface area contributed by atoms with Crippen LogP contribution in [0.5, 0.6) is 23.3 Å². The molecule has 16 heteroatoms. The van der Waals surface area contributed by atoms with E-state index in [0.29, 0.717) is 33.4 Å². The van der Waals surface area contributed by atoms with Crippen molar-refractivity contribution < 1.29 is 57.9 Å². The summed E-state index contributed by atoms with van der Waals surface area (Å²) in [7, 11) is 0. The van der Waals surface area contributed by atoms with Gasteiger partial charge in [-0.1, -0.05) is 145 Å². The Kier molecular flexibility index (Phi) is 14.6. The smallest absolute Gasteiger partial charge is 0.310 e. The first kappa shape index (κ1) is 50.2. The normalized spacial score (nSPS) is 12.4. The minimum Gasteiger partial charge on any atom is -0.494 e. The van der Waals surface area contributed by atoms with E-state index in [-0.39, 0.29) is 94.1 Å². The van der Waals surface area contributed by atoms with Crippen molar-refractivity contribution >= 4 is 75.0 Å². The molecule has 1 aromatic heterocycles. The van der Waals surface area contributed by atoms with Crippen LogP contribution in [-0.2, 0) is 45.1 Å². The fraction of sp³-hybridized carbons (Fsp3) is 0.138. The summed E-state index contributed by atoms with van der Waals surface area (Å²) in [6.07, 6.45) is 0.0105. The highest BCUT2D eigenvalue weighted by Crippen LogP contribution is 2.48. The van der Waals surface area contributed by atoms with Gasteiger partial charge in [0.1, 0.15) is 24.7 Å². The van der Waals surface area contributed by atoms with Crippen LogP contribution in [-0.4, -0.2) is 63.3 Å². The third-order valence-corrected chi connectivity index (χ3v) is 12.8. The number of esters is 2. The summed E-state index contributed by atoms with van der Waals surface area (Å²) in [6.45, 7) is 4.32. The molecule has 0 fully saturated rings. The number of fused-ring (bicyclic) bond motifs is 4. The minimum atomic E-state index is -0.588. The summed E-state index contributed by atoms with van der Waals surface area (Å²) in [4.78, 5) is 79.0. The van der Waals surface area contributed by atoms with Gasteiger partial charge < -0.3 is 29.2 Å². The van der Waals surface area contributed by atoms with E-state index in [1.54, 1.807) is 50.2 Å². The summed E-state index contributed by atoms with van der Waals surface area (Å²) >= 11 is 13.0. The topological polar surface area (TPSA) is 188 Å². The Morgan fingerprint density at radius 2 is 0.878 bits per heavy atom. The SMILES string of the molecule is CCOC(=O)Cc1ccc(-n2c(O)c3c(c2O)C(=O)c2ccccc2C3=O)c(Cl)c1.CCOC(=O)Cc1ccc(N2C(=O)c3c(c(OCc4ccccc4)c4ccccc4c3OCc3ccccc3)C2=O)c(Cl)c1. The lowest BCUT2D eigenvalue weighted by Gasteiger charge is -2.17. The molecule has 2 amide bonds. The Morgan fingerprint density at radius 3 is 1.28 bits per heavy atom. The maximum absolute atomic E-state index is 14.2. The van der Waals surface area contributed by atoms with Gasteiger partial charge in [0, 0.05) is 21.9 Å². The van der Waals surface area contributed by atoms with Crippen LogP contribution < -0.4 is 14.4 Å². The van der Waals surface area contributed by atoms with Crippen LogP contribution in [0.2, 0.25) is 10.0 Å². The van der Waals surface area contributed by atoms with Crippen molar-refractivity contribution in [1.82, 2.24) is 4.57 Å². The maximum Gasteiger partial charge on any atom is 0.310 e. The van der Waals surface area contributed by atoms with E-state index in [2.05, 4.69) is 0 Å². The van der Waals surface area contributed by atoms with Crippen molar-refractivity contribution in [3.8, 4) is 28.9 Å². The van der Waals surface area contributed by atoms with Crippen molar-refractivity contribution in [2.24, 2.45) is 0 Å². The second-order valence-electron chi connectivity index (χ2n) is 16.9. The second kappa shape index (κ2) is 21.6. The minimum absolute atomic E-state index is 0.000262. The van der Waals surface area contributed by atoms with Gasteiger partial charge in [0.05, 0.1) is 69.7 Å². The highest BCUT2D eigenvalue weighted by atomic mass is 35.5. The Labute approximate surface area is 433 Å². The number of nitrogens with zero attached hydrogens (tertiary/aromatic N) is 2. The lowest BCUT2D eigenvalue weighted by Crippen LogP contribution is -2.29. The van der Waals surface area contributed by atoms with Crippen molar-refractivity contribution in [3.05, 3.63) is 211 Å². The molecule has 2 heterocycles. The molecule has 2 N–H and O–H groups in total. The fourth-order valence-corrected chi connectivity index (χ4v) is 9.45. The van der Waals surface area contributed by atoms with Gasteiger partial charge in [-0.3, -0.25) is 28.8 Å². The van der Waals surface area contributed by atoms with Crippen molar-refractivity contribution in [2.45, 2.75) is 39.9 Å². The van der Waals surface area contributed by atoms with Crippen LogP contribution in [0.4, 0.5) is 5.69 Å². The summed E-state index contributed by atoms with van der Waals surface area (Å²) in [5.74, 6) is -3.70. The largest absolute Gasteiger partial charge is 0.494 e. The molecule has 0 saturated heterocycles. The zero-order valence-electron chi connectivity index (χ0n) is 39.7. The van der Waals surface area contributed by atoms with Crippen LogP contribution in [0.1, 0.15) is 88.7 Å². The quantitative estimate of drug-likeness (QED) is 0.0776. The number of hydrogen-bond donors (Lipinski definition) is 2. The molecule has 0 atom stereocenters. The van der Waals surface area contributed by atoms with Crippen molar-refractivity contribution in [2.75, 3.05) is 18.1 Å². The second-order valence-corrected chi connectivity index (χ2v) is 17.7. The zero-order valence-corrected chi connectivity index (χ0v) is 41.2. The average molecular weight is 1030 g/mol. The Bertz CT molecular complexity index is 3400. The molecule has 1 aliphatic carbocycles. The van der Waals surface area contributed by atoms with Gasteiger partial charge in [-0.2, -0.15) is 0 Å². The van der Waals surface area contributed by atoms with Gasteiger partial charge in [0.15, 0.2) is 11.6 Å². The fourth-order valence-electron chi connectivity index (χ4n) is 8.87. The van der Waals surface area contributed by atoms with Gasteiger partial charge in [0.2, 0.25) is 11.8 Å². The highest BCUT2D eigenvalue weighted by Gasteiger charge is 2.45. The molecule has 7 aromatic carbocycles. The average Bonchev–Trinajstić information content (AvgIpc) is 3.81. The van der Waals surface area contributed by atoms with Gasteiger partial charge in [0.25, 0.3) is 11.8 Å². The molecule has 74 heavy (non-hydrogen) atoms. The summed E-state index contributed by atoms with van der Waals surface area (Å²) in [6, 6.07) is 42.1. The number of ketones is 2. The summed E-state index contributed by atoms with van der Waals surface area (Å²) in [5.41, 5.74) is 3.29. The Balaban J connectivity index is 0.000000195. The van der Waals surface area contributed by atoms with Gasteiger partial charge in [-0.25, -0.2) is 9.47 Å². The predicted molar refractivity (Wildman–Crippen MR) is 276 cm³/mol. The van der Waals surface area contributed by atoms with E-state index in [1.807, 2.05) is 84.9 Å². The molecule has 10 rings (SSSR count). The number of ether oxygens (including phenoxy) is 4. The highest BCUT2D eigenvalue weighted by molar-refractivity contribution is 6.42. The predicted octanol–water partition coefficient (Wildman–Crippen LogP) is 11.0. The van der Waals surface area contributed by atoms with Gasteiger partial charge in [-0.15, -0.1) is 0 Å². The van der Waals surface area contributed by atoms with Crippen LogP contribution in [0.3, 0.4) is 0 Å². The van der Waals surface area contributed by atoms with Crippen LogP contribution >= 0.6 is 23.2 Å². The first-order chi connectivity index (χ1) is 35.8. The van der Waals surface area contributed by atoms with Crippen LogP contribution in [0, 0.1) is 0 Å². The molecule has 372 valence electrons. The molecule has 0 spiro atoms. The van der Waals surface area contributed by atoms with Gasteiger partial charge in [-0.05, 0) is 60.4 Å². The molecule has 8 aromatic rings. The molecular weight excluding hydrogens is 988 g/mol. The van der Waals surface area contributed by atoms with Crippen LogP contribution in [0.25, 0.3) is 16.5 Å². The lowest BCUT2D eigenvalue weighted by molar-refractivity contribution is -0.143. The molecule has 14 nitrogen and oxygen atoms in total. The van der Waals surface area contributed by atoms with Gasteiger partial charge >= 0.3 is 11.9 Å². The number of aromatic hydroxyl groups is 2. The first-order valence-corrected chi connectivity index (χ1v) is 24.1. The van der Waals surface area contributed by atoms with Crippen molar-refractivity contribution in [1.29, 1.82) is 0 Å². The number of hydrogen-bond acceptors (Lipinski definition) is 12. The van der Waals surface area contributed by atoms with E-state index in [0.717, 1.165) is 20.6 Å². The van der Waals surface area contributed by atoms with Crippen molar-refractivity contribution in [3.63, 3.8) is 0 Å². The summed E-state index contributed by atoms with van der Waals surface area (Å²) in [5, 5.41) is 23.0. The third-order valence-electron chi connectivity index (χ3n) is 12.2. The number of aromatic nitrogens is 1. The number of carbonyl (C=O) groups is 6. The molecular formula is C58H44Cl2N2O12. The molecule has 0 bridgehead atoms. The number of benzene rings is 7. The molecule has 0 unspecified atom stereocenters. The van der Waals surface area contributed by atoms with E-state index in [4.69, 9.17) is 42.1 Å². The lowest BCUT2D eigenvalue weighted by atomic mass is 9.86. The number of carbonyl (C=O) groups excluding carboxylic acids is 6. The van der Waals surface area contributed by atoms with E-state index < -0.39 is 47.1 Å². The molecule has 0 saturated carbocycles. The van der Waals surface area contributed by atoms with E-state index in [9.17, 15) is 39.0 Å². The Morgan fingerprint density at radius 1 is 0.486 bits per heavy atom. The number of imide groups is 1.